The lowest BCUT2D eigenvalue weighted by molar-refractivity contribution is 0.134. The van der Waals surface area contributed by atoms with Gasteiger partial charge < -0.3 is 20.7 Å². The molecule has 1 aliphatic heterocycles. The maximum Gasteiger partial charge on any atom is 0.407 e. The Hall–Kier alpha value is -1.76. The summed E-state index contributed by atoms with van der Waals surface area (Å²) in [5.74, 6) is 0.197. The number of ether oxygens (including phenoxy) is 1. The van der Waals surface area contributed by atoms with E-state index in [9.17, 15) is 9.59 Å². The van der Waals surface area contributed by atoms with Gasteiger partial charge in [0.15, 0.2) is 0 Å². The highest BCUT2D eigenvalue weighted by atomic mass is 32.1. The Morgan fingerprint density at radius 3 is 2.95 bits per heavy atom. The molecule has 1 aromatic heterocycles. The first-order valence-electron chi connectivity index (χ1n) is 6.61. The molecular weight excluding hydrogens is 278 g/mol. The van der Waals surface area contributed by atoms with Gasteiger partial charge in [-0.05, 0) is 24.8 Å². The number of hydrogen-bond acceptors (Lipinski definition) is 4. The van der Waals surface area contributed by atoms with Crippen LogP contribution in [0.15, 0.2) is 17.5 Å². The second-order valence-electron chi connectivity index (χ2n) is 4.75. The van der Waals surface area contributed by atoms with E-state index in [-0.39, 0.29) is 12.0 Å². The van der Waals surface area contributed by atoms with E-state index in [0.717, 1.165) is 6.42 Å². The monoisotopic (exact) mass is 297 g/mol. The number of hydrogen-bond donors (Lipinski definition) is 2. The van der Waals surface area contributed by atoms with Crippen LogP contribution >= 0.6 is 11.3 Å². The van der Waals surface area contributed by atoms with Crippen molar-refractivity contribution in [3.8, 4) is 0 Å². The molecule has 3 N–H and O–H groups in total. The van der Waals surface area contributed by atoms with Gasteiger partial charge in [0, 0.05) is 23.9 Å². The lowest BCUT2D eigenvalue weighted by atomic mass is 9.93. The summed E-state index contributed by atoms with van der Waals surface area (Å²) in [6.07, 6.45) is 0.331. The Bertz CT molecular complexity index is 463. The zero-order valence-electron chi connectivity index (χ0n) is 11.4. The molecule has 0 aromatic carbocycles. The predicted octanol–water partition coefficient (Wildman–Crippen LogP) is 1.73. The van der Waals surface area contributed by atoms with Gasteiger partial charge in [-0.15, -0.1) is 11.3 Å². The van der Waals surface area contributed by atoms with Crippen LogP contribution < -0.4 is 11.1 Å². The number of urea groups is 1. The van der Waals surface area contributed by atoms with Crippen molar-refractivity contribution in [2.45, 2.75) is 25.3 Å². The molecule has 1 fully saturated rings. The third-order valence-electron chi connectivity index (χ3n) is 3.31. The largest absolute Gasteiger partial charge is 0.450 e. The van der Waals surface area contributed by atoms with Crippen LogP contribution in [-0.2, 0) is 4.74 Å². The Labute approximate surface area is 121 Å². The van der Waals surface area contributed by atoms with Crippen molar-refractivity contribution in [2.24, 2.45) is 5.73 Å². The van der Waals surface area contributed by atoms with Gasteiger partial charge in [0.05, 0.1) is 12.6 Å². The third kappa shape index (κ3) is 3.63. The fraction of sp³-hybridized carbons (Fsp3) is 0.538. The summed E-state index contributed by atoms with van der Waals surface area (Å²) in [5.41, 5.74) is 5.38. The zero-order chi connectivity index (χ0) is 14.5. The van der Waals surface area contributed by atoms with E-state index in [1.54, 1.807) is 23.2 Å². The number of nitrogens with zero attached hydrogens (tertiary/aromatic N) is 1. The average Bonchev–Trinajstić information content (AvgIpc) is 2.92. The quantitative estimate of drug-likeness (QED) is 0.891. The minimum absolute atomic E-state index is 0.137. The summed E-state index contributed by atoms with van der Waals surface area (Å²) < 4.78 is 4.88. The van der Waals surface area contributed by atoms with Gasteiger partial charge in [0.2, 0.25) is 0 Å². The first-order valence-corrected chi connectivity index (χ1v) is 7.49. The standard InChI is InChI=1S/C13H19N3O3S/c1-2-19-13(18)15-10-6-9(11-4-3-5-20-11)7-16(8-10)12(14)17/h3-5,9-10H,2,6-8H2,1H3,(H2,14,17)(H,15,18). The number of likely N-dealkylation sites (tertiary alicyclic amines) is 1. The summed E-state index contributed by atoms with van der Waals surface area (Å²) in [4.78, 5) is 25.7. The van der Waals surface area contributed by atoms with Crippen LogP contribution in [0.4, 0.5) is 9.59 Å². The molecule has 6 nitrogen and oxygen atoms in total. The molecule has 0 spiro atoms. The molecule has 2 heterocycles. The summed E-state index contributed by atoms with van der Waals surface area (Å²) in [6.45, 7) is 3.10. The van der Waals surface area contributed by atoms with E-state index in [4.69, 9.17) is 10.5 Å². The predicted molar refractivity (Wildman–Crippen MR) is 76.8 cm³/mol. The Morgan fingerprint density at radius 1 is 1.55 bits per heavy atom. The topological polar surface area (TPSA) is 84.7 Å². The zero-order valence-corrected chi connectivity index (χ0v) is 12.2. The van der Waals surface area contributed by atoms with Crippen LogP contribution in [0.25, 0.3) is 0 Å². The van der Waals surface area contributed by atoms with Gasteiger partial charge in [0.25, 0.3) is 0 Å². The molecule has 1 saturated heterocycles. The van der Waals surface area contributed by atoms with E-state index in [1.165, 1.54) is 4.88 Å². The summed E-state index contributed by atoms with van der Waals surface area (Å²) in [6, 6.07) is 3.43. The minimum atomic E-state index is -0.457. The van der Waals surface area contributed by atoms with Crippen LogP contribution in [0, 0.1) is 0 Å². The van der Waals surface area contributed by atoms with Crippen molar-refractivity contribution in [3.05, 3.63) is 22.4 Å². The van der Waals surface area contributed by atoms with Crippen molar-refractivity contribution in [1.29, 1.82) is 0 Å². The molecular formula is C13H19N3O3S. The number of thiophene rings is 1. The second kappa shape index (κ2) is 6.60. The van der Waals surface area contributed by atoms with Gasteiger partial charge in [-0.2, -0.15) is 0 Å². The molecule has 0 aliphatic carbocycles. The lowest BCUT2D eigenvalue weighted by Crippen LogP contribution is -2.53. The van der Waals surface area contributed by atoms with Gasteiger partial charge in [-0.3, -0.25) is 0 Å². The highest BCUT2D eigenvalue weighted by Crippen LogP contribution is 2.30. The fourth-order valence-electron chi connectivity index (χ4n) is 2.45. The second-order valence-corrected chi connectivity index (χ2v) is 5.73. The molecule has 0 bridgehead atoms. The number of nitrogens with one attached hydrogen (secondary N) is 1. The number of alkyl carbamates (subject to hydrolysis) is 1. The van der Waals surface area contributed by atoms with Crippen LogP contribution in [0.2, 0.25) is 0 Å². The normalized spacial score (nSPS) is 22.4. The first-order chi connectivity index (χ1) is 9.60. The molecule has 1 aromatic rings. The smallest absolute Gasteiger partial charge is 0.407 e. The van der Waals surface area contributed by atoms with Gasteiger partial charge >= 0.3 is 12.1 Å². The summed E-state index contributed by atoms with van der Waals surface area (Å²) in [5, 5.41) is 4.80. The highest BCUT2D eigenvalue weighted by Gasteiger charge is 2.31. The molecule has 7 heteroatoms. The first kappa shape index (κ1) is 14.6. The third-order valence-corrected chi connectivity index (χ3v) is 4.34. The highest BCUT2D eigenvalue weighted by molar-refractivity contribution is 7.10. The molecule has 20 heavy (non-hydrogen) atoms. The SMILES string of the molecule is CCOC(=O)NC1CC(c2cccs2)CN(C(N)=O)C1. The van der Waals surface area contributed by atoms with Crippen LogP contribution in [0.5, 0.6) is 0 Å². The number of nitrogens with two attached hydrogens (primary N) is 1. The van der Waals surface area contributed by atoms with E-state index in [0.29, 0.717) is 19.7 Å². The van der Waals surface area contributed by atoms with E-state index >= 15 is 0 Å². The van der Waals surface area contributed by atoms with Crippen molar-refractivity contribution < 1.29 is 14.3 Å². The fourth-order valence-corrected chi connectivity index (χ4v) is 3.29. The Balaban J connectivity index is 2.04. The maximum absolute atomic E-state index is 11.5. The summed E-state index contributed by atoms with van der Waals surface area (Å²) in [7, 11) is 0. The minimum Gasteiger partial charge on any atom is -0.450 e. The number of carbonyl (C=O) groups excluding carboxylic acids is 2. The molecule has 2 atom stereocenters. The van der Waals surface area contributed by atoms with Crippen molar-refractivity contribution in [1.82, 2.24) is 10.2 Å². The summed E-state index contributed by atoms with van der Waals surface area (Å²) >= 11 is 1.65. The van der Waals surface area contributed by atoms with Crippen LogP contribution in [-0.4, -0.2) is 42.8 Å². The van der Waals surface area contributed by atoms with E-state index in [2.05, 4.69) is 5.32 Å². The number of amides is 3. The lowest BCUT2D eigenvalue weighted by Gasteiger charge is -2.36. The van der Waals surface area contributed by atoms with Crippen molar-refractivity contribution >= 4 is 23.5 Å². The molecule has 0 saturated carbocycles. The van der Waals surface area contributed by atoms with Gasteiger partial charge in [-0.25, -0.2) is 9.59 Å². The molecule has 1 aliphatic rings. The van der Waals surface area contributed by atoms with Gasteiger partial charge in [-0.1, -0.05) is 6.07 Å². The van der Waals surface area contributed by atoms with Crippen LogP contribution in [0.3, 0.4) is 0 Å². The Kier molecular flexibility index (Phi) is 4.84. The van der Waals surface area contributed by atoms with Crippen molar-refractivity contribution in [2.75, 3.05) is 19.7 Å². The molecule has 2 unspecified atom stereocenters. The van der Waals surface area contributed by atoms with Gasteiger partial charge in [0.1, 0.15) is 0 Å². The average molecular weight is 297 g/mol. The van der Waals surface area contributed by atoms with E-state index in [1.807, 2.05) is 17.5 Å². The number of primary amides is 1. The molecule has 0 radical (unpaired) electrons. The number of rotatable bonds is 3. The molecule has 3 amide bonds. The van der Waals surface area contributed by atoms with Crippen molar-refractivity contribution in [3.63, 3.8) is 0 Å². The van der Waals surface area contributed by atoms with E-state index < -0.39 is 12.1 Å². The number of carbonyl (C=O) groups is 2. The Morgan fingerprint density at radius 2 is 2.35 bits per heavy atom. The van der Waals surface area contributed by atoms with Crippen LogP contribution in [0.1, 0.15) is 24.1 Å². The molecule has 110 valence electrons. The molecule has 2 rings (SSSR count). The maximum atomic E-state index is 11.5. The number of piperidine rings is 1.